The SMILES string of the molecule is CCNC(=NCCc1c(OC)cc(OC)cc1OC)NC1CCc2nc(C)nn2C1. The highest BCUT2D eigenvalue weighted by molar-refractivity contribution is 5.80. The largest absolute Gasteiger partial charge is 0.496 e. The van der Waals surface area contributed by atoms with E-state index in [-0.39, 0.29) is 6.04 Å². The van der Waals surface area contributed by atoms with Gasteiger partial charge in [-0.2, -0.15) is 5.10 Å². The molecule has 0 saturated carbocycles. The van der Waals surface area contributed by atoms with Crippen molar-refractivity contribution < 1.29 is 14.2 Å². The highest BCUT2D eigenvalue weighted by atomic mass is 16.5. The van der Waals surface area contributed by atoms with Gasteiger partial charge in [-0.25, -0.2) is 9.67 Å². The predicted octanol–water partition coefficient (Wildman–Crippen LogP) is 1.72. The summed E-state index contributed by atoms with van der Waals surface area (Å²) >= 11 is 0. The minimum absolute atomic E-state index is 0.265. The summed E-state index contributed by atoms with van der Waals surface area (Å²) in [5.74, 6) is 4.86. The summed E-state index contributed by atoms with van der Waals surface area (Å²) < 4.78 is 18.4. The molecule has 3 rings (SSSR count). The molecular formula is C21H32N6O3. The van der Waals surface area contributed by atoms with Crippen LogP contribution >= 0.6 is 0 Å². The summed E-state index contributed by atoms with van der Waals surface area (Å²) in [5, 5.41) is 11.3. The highest BCUT2D eigenvalue weighted by Gasteiger charge is 2.21. The maximum Gasteiger partial charge on any atom is 0.191 e. The van der Waals surface area contributed by atoms with Gasteiger partial charge in [-0.3, -0.25) is 4.99 Å². The fraction of sp³-hybridized carbons (Fsp3) is 0.571. The first-order valence-corrected chi connectivity index (χ1v) is 10.3. The maximum absolute atomic E-state index is 5.54. The van der Waals surface area contributed by atoms with Crippen LogP contribution in [0.5, 0.6) is 17.2 Å². The highest BCUT2D eigenvalue weighted by Crippen LogP contribution is 2.34. The van der Waals surface area contributed by atoms with Gasteiger partial charge in [0.05, 0.1) is 27.9 Å². The van der Waals surface area contributed by atoms with Crippen LogP contribution in [0.4, 0.5) is 0 Å². The van der Waals surface area contributed by atoms with Crippen LogP contribution in [-0.4, -0.2) is 61.2 Å². The van der Waals surface area contributed by atoms with Crippen LogP contribution in [0.1, 0.15) is 30.6 Å². The van der Waals surface area contributed by atoms with Gasteiger partial charge >= 0.3 is 0 Å². The molecule has 30 heavy (non-hydrogen) atoms. The van der Waals surface area contributed by atoms with Crippen molar-refractivity contribution in [2.75, 3.05) is 34.4 Å². The second-order valence-corrected chi connectivity index (χ2v) is 7.16. The molecule has 0 bridgehead atoms. The number of hydrogen-bond acceptors (Lipinski definition) is 6. The van der Waals surface area contributed by atoms with E-state index in [1.165, 1.54) is 0 Å². The maximum atomic E-state index is 5.54. The minimum Gasteiger partial charge on any atom is -0.496 e. The standard InChI is InChI=1S/C21H32N6O3/c1-6-22-21(25-15-7-8-20-24-14(2)26-27(20)13-15)23-10-9-17-18(29-4)11-16(28-3)12-19(17)30-5/h11-12,15H,6-10,13H2,1-5H3,(H2,22,23,25). The molecule has 0 spiro atoms. The average Bonchev–Trinajstić information content (AvgIpc) is 3.12. The smallest absolute Gasteiger partial charge is 0.191 e. The Morgan fingerprint density at radius 1 is 1.20 bits per heavy atom. The van der Waals surface area contributed by atoms with Crippen LogP contribution in [0, 0.1) is 6.92 Å². The quantitative estimate of drug-likeness (QED) is 0.500. The molecule has 2 N–H and O–H groups in total. The third-order valence-electron chi connectivity index (χ3n) is 5.10. The molecule has 9 heteroatoms. The van der Waals surface area contributed by atoms with Crippen molar-refractivity contribution in [3.8, 4) is 17.2 Å². The molecule has 1 atom stereocenters. The molecule has 1 aliphatic rings. The minimum atomic E-state index is 0.265. The molecule has 2 aromatic rings. The number of hydrogen-bond donors (Lipinski definition) is 2. The monoisotopic (exact) mass is 416 g/mol. The zero-order valence-corrected chi connectivity index (χ0v) is 18.5. The molecule has 1 aromatic heterocycles. The van der Waals surface area contributed by atoms with E-state index < -0.39 is 0 Å². The number of guanidine groups is 1. The number of aryl methyl sites for hydroxylation is 2. The van der Waals surface area contributed by atoms with Gasteiger partial charge in [0.2, 0.25) is 0 Å². The predicted molar refractivity (Wildman–Crippen MR) is 116 cm³/mol. The summed E-state index contributed by atoms with van der Waals surface area (Å²) in [5.41, 5.74) is 0.973. The van der Waals surface area contributed by atoms with Gasteiger partial charge in [-0.1, -0.05) is 0 Å². The van der Waals surface area contributed by atoms with E-state index in [1.807, 2.05) is 23.7 Å². The van der Waals surface area contributed by atoms with Gasteiger partial charge in [0.15, 0.2) is 5.96 Å². The third kappa shape index (κ3) is 5.14. The second kappa shape index (κ2) is 10.2. The average molecular weight is 417 g/mol. The molecule has 164 valence electrons. The van der Waals surface area contributed by atoms with Gasteiger partial charge in [-0.05, 0) is 26.7 Å². The van der Waals surface area contributed by atoms with Crippen LogP contribution in [0.2, 0.25) is 0 Å². The topological polar surface area (TPSA) is 94.8 Å². The van der Waals surface area contributed by atoms with Crippen LogP contribution in [-0.2, 0) is 19.4 Å². The molecule has 1 aliphatic heterocycles. The van der Waals surface area contributed by atoms with E-state index in [1.54, 1.807) is 21.3 Å². The van der Waals surface area contributed by atoms with Crippen molar-refractivity contribution in [3.63, 3.8) is 0 Å². The number of ether oxygens (including phenoxy) is 3. The number of rotatable bonds is 8. The Kier molecular flexibility index (Phi) is 7.37. The number of fused-ring (bicyclic) bond motifs is 1. The normalized spacial score (nSPS) is 16.0. The molecular weight excluding hydrogens is 384 g/mol. The molecule has 0 saturated heterocycles. The van der Waals surface area contributed by atoms with Crippen LogP contribution in [0.25, 0.3) is 0 Å². The molecule has 1 aromatic carbocycles. The van der Waals surface area contributed by atoms with E-state index in [4.69, 9.17) is 19.2 Å². The Labute approximate surface area is 177 Å². The molecule has 0 amide bonds. The summed E-state index contributed by atoms with van der Waals surface area (Å²) in [6.45, 7) is 6.17. The Morgan fingerprint density at radius 3 is 2.57 bits per heavy atom. The second-order valence-electron chi connectivity index (χ2n) is 7.16. The Bertz CT molecular complexity index is 855. The number of aliphatic imine (C=N–C) groups is 1. The van der Waals surface area contributed by atoms with Crippen molar-refractivity contribution in [3.05, 3.63) is 29.3 Å². The zero-order chi connectivity index (χ0) is 21.5. The van der Waals surface area contributed by atoms with Gasteiger partial charge in [0.25, 0.3) is 0 Å². The lowest BCUT2D eigenvalue weighted by molar-refractivity contribution is 0.369. The third-order valence-corrected chi connectivity index (χ3v) is 5.10. The van der Waals surface area contributed by atoms with E-state index in [0.717, 1.165) is 60.6 Å². The molecule has 1 unspecified atom stereocenters. The van der Waals surface area contributed by atoms with Crippen LogP contribution in [0.3, 0.4) is 0 Å². The molecule has 9 nitrogen and oxygen atoms in total. The first-order valence-electron chi connectivity index (χ1n) is 10.3. The van der Waals surface area contributed by atoms with Gasteiger partial charge in [-0.15, -0.1) is 0 Å². The first kappa shape index (κ1) is 21.7. The summed E-state index contributed by atoms with van der Waals surface area (Å²) in [7, 11) is 4.92. The first-order chi connectivity index (χ1) is 14.6. The van der Waals surface area contributed by atoms with Crippen molar-refractivity contribution >= 4 is 5.96 Å². The van der Waals surface area contributed by atoms with E-state index in [2.05, 4.69) is 27.6 Å². The lowest BCUT2D eigenvalue weighted by Gasteiger charge is -2.25. The molecule has 2 heterocycles. The van der Waals surface area contributed by atoms with Crippen molar-refractivity contribution in [2.24, 2.45) is 4.99 Å². The summed E-state index contributed by atoms with van der Waals surface area (Å²) in [4.78, 5) is 9.24. The van der Waals surface area contributed by atoms with Gasteiger partial charge in [0.1, 0.15) is 28.9 Å². The number of aromatic nitrogens is 3. The van der Waals surface area contributed by atoms with Gasteiger partial charge in [0, 0.05) is 43.2 Å². The molecule has 0 radical (unpaired) electrons. The van der Waals surface area contributed by atoms with E-state index >= 15 is 0 Å². The van der Waals surface area contributed by atoms with Gasteiger partial charge < -0.3 is 24.8 Å². The summed E-state index contributed by atoms with van der Waals surface area (Å²) in [6.07, 6.45) is 2.60. The molecule has 0 aliphatic carbocycles. The lowest BCUT2D eigenvalue weighted by atomic mass is 10.1. The van der Waals surface area contributed by atoms with Crippen LogP contribution in [0.15, 0.2) is 17.1 Å². The summed E-state index contributed by atoms with van der Waals surface area (Å²) in [6, 6.07) is 4.00. The van der Waals surface area contributed by atoms with Crippen molar-refractivity contribution in [1.29, 1.82) is 0 Å². The number of methoxy groups -OCH3 is 3. The number of nitrogens with one attached hydrogen (secondary N) is 2. The Hall–Kier alpha value is -2.97. The Morgan fingerprint density at radius 2 is 1.93 bits per heavy atom. The number of benzene rings is 1. The fourth-order valence-electron chi connectivity index (χ4n) is 3.67. The Balaban J connectivity index is 1.67. The molecule has 0 fully saturated rings. The lowest BCUT2D eigenvalue weighted by Crippen LogP contribution is -2.47. The van der Waals surface area contributed by atoms with Crippen molar-refractivity contribution in [2.45, 2.75) is 45.7 Å². The fourth-order valence-corrected chi connectivity index (χ4v) is 3.67. The van der Waals surface area contributed by atoms with Crippen LogP contribution < -0.4 is 24.8 Å². The zero-order valence-electron chi connectivity index (χ0n) is 18.5. The number of nitrogens with zero attached hydrogens (tertiary/aromatic N) is 4. The van der Waals surface area contributed by atoms with Crippen molar-refractivity contribution in [1.82, 2.24) is 25.4 Å². The van der Waals surface area contributed by atoms with E-state index in [0.29, 0.717) is 18.7 Å². The van der Waals surface area contributed by atoms with E-state index in [9.17, 15) is 0 Å².